The number of hydrogen-bond donors (Lipinski definition) is 2. The molecule has 6 heteroatoms. The molecule has 124 valence electrons. The first-order chi connectivity index (χ1) is 11.2. The van der Waals surface area contributed by atoms with Gasteiger partial charge in [-0.3, -0.25) is 0 Å². The van der Waals surface area contributed by atoms with Crippen LogP contribution in [-0.4, -0.2) is 26.2 Å². The van der Waals surface area contributed by atoms with Crippen LogP contribution in [0.2, 0.25) is 4.34 Å². The van der Waals surface area contributed by atoms with Gasteiger partial charge >= 0.3 is 6.03 Å². The van der Waals surface area contributed by atoms with Crippen molar-refractivity contribution in [1.29, 1.82) is 0 Å². The maximum atomic E-state index is 11.8. The second kappa shape index (κ2) is 9.55. The molecule has 0 saturated carbocycles. The summed E-state index contributed by atoms with van der Waals surface area (Å²) in [5.41, 5.74) is 1.28. The number of urea groups is 1. The number of benzene rings is 1. The summed E-state index contributed by atoms with van der Waals surface area (Å²) in [6, 6.07) is 13.8. The van der Waals surface area contributed by atoms with Crippen LogP contribution in [0.3, 0.4) is 0 Å². The molecule has 1 heterocycles. The van der Waals surface area contributed by atoms with Gasteiger partial charge in [-0.1, -0.05) is 41.9 Å². The summed E-state index contributed by atoms with van der Waals surface area (Å²) in [5.74, 6) is 0. The van der Waals surface area contributed by atoms with Crippen LogP contribution in [-0.2, 0) is 11.2 Å². The van der Waals surface area contributed by atoms with Crippen molar-refractivity contribution in [2.75, 3.05) is 20.2 Å². The molecular formula is C17H21ClN2O2S. The van der Waals surface area contributed by atoms with E-state index in [0.29, 0.717) is 17.4 Å². The molecule has 1 atom stereocenters. The van der Waals surface area contributed by atoms with Crippen LogP contribution in [0.4, 0.5) is 4.79 Å². The van der Waals surface area contributed by atoms with Crippen molar-refractivity contribution in [2.24, 2.45) is 0 Å². The third kappa shape index (κ3) is 6.22. The van der Waals surface area contributed by atoms with Gasteiger partial charge in [0.1, 0.15) is 6.10 Å². The largest absolute Gasteiger partial charge is 0.374 e. The molecule has 1 aromatic heterocycles. The number of carbonyl (C=O) groups is 1. The number of nitrogens with one attached hydrogen (secondary N) is 2. The highest BCUT2D eigenvalue weighted by atomic mass is 35.5. The Kier molecular flexibility index (Phi) is 7.39. The van der Waals surface area contributed by atoms with Gasteiger partial charge in [-0.2, -0.15) is 0 Å². The summed E-state index contributed by atoms with van der Waals surface area (Å²) in [4.78, 5) is 12.8. The zero-order chi connectivity index (χ0) is 16.5. The van der Waals surface area contributed by atoms with E-state index < -0.39 is 0 Å². The van der Waals surface area contributed by atoms with Crippen LogP contribution in [0.5, 0.6) is 0 Å². The molecule has 0 radical (unpaired) electrons. The number of thiophene rings is 1. The zero-order valence-corrected chi connectivity index (χ0v) is 14.6. The lowest BCUT2D eigenvalue weighted by atomic mass is 10.1. The molecule has 0 aliphatic rings. The van der Waals surface area contributed by atoms with Gasteiger partial charge in [0.2, 0.25) is 0 Å². The molecule has 2 rings (SSSR count). The van der Waals surface area contributed by atoms with Crippen LogP contribution >= 0.6 is 22.9 Å². The molecular weight excluding hydrogens is 332 g/mol. The summed E-state index contributed by atoms with van der Waals surface area (Å²) in [7, 11) is 1.62. The fourth-order valence-electron chi connectivity index (χ4n) is 2.19. The van der Waals surface area contributed by atoms with E-state index in [1.807, 2.05) is 30.3 Å². The zero-order valence-electron chi connectivity index (χ0n) is 13.0. The van der Waals surface area contributed by atoms with E-state index in [0.717, 1.165) is 17.7 Å². The maximum absolute atomic E-state index is 11.8. The van der Waals surface area contributed by atoms with Crippen molar-refractivity contribution in [3.8, 4) is 0 Å². The molecule has 0 bridgehead atoms. The quantitative estimate of drug-likeness (QED) is 0.705. The van der Waals surface area contributed by atoms with Gasteiger partial charge in [0.05, 0.1) is 10.9 Å². The molecule has 23 heavy (non-hydrogen) atoms. The number of methoxy groups -OCH3 is 1. The number of ether oxygens (including phenoxy) is 1. The first-order valence-corrected chi connectivity index (χ1v) is 8.72. The first-order valence-electron chi connectivity index (χ1n) is 7.52. The average Bonchev–Trinajstić information content (AvgIpc) is 2.99. The number of aryl methyl sites for hydroxylation is 1. The van der Waals surface area contributed by atoms with Gasteiger partial charge in [0.15, 0.2) is 0 Å². The minimum atomic E-state index is -0.178. The first kappa shape index (κ1) is 17.8. The van der Waals surface area contributed by atoms with E-state index >= 15 is 0 Å². The Labute approximate surface area is 145 Å². The molecule has 0 fully saturated rings. The topological polar surface area (TPSA) is 50.4 Å². The average molecular weight is 353 g/mol. The number of amides is 2. The van der Waals surface area contributed by atoms with E-state index in [1.54, 1.807) is 7.11 Å². The number of hydrogen-bond acceptors (Lipinski definition) is 3. The fraction of sp³-hybridized carbons (Fsp3) is 0.353. The van der Waals surface area contributed by atoms with Crippen LogP contribution in [0.1, 0.15) is 23.0 Å². The fourth-order valence-corrected chi connectivity index (χ4v) is 3.33. The maximum Gasteiger partial charge on any atom is 0.314 e. The minimum Gasteiger partial charge on any atom is -0.374 e. The molecule has 1 aromatic carbocycles. The monoisotopic (exact) mass is 352 g/mol. The lowest BCUT2D eigenvalue weighted by Gasteiger charge is -2.15. The van der Waals surface area contributed by atoms with E-state index in [-0.39, 0.29) is 12.1 Å². The van der Waals surface area contributed by atoms with E-state index in [2.05, 4.69) is 22.8 Å². The van der Waals surface area contributed by atoms with Crippen LogP contribution in [0, 0.1) is 0 Å². The Morgan fingerprint density at radius 3 is 2.65 bits per heavy atom. The smallest absolute Gasteiger partial charge is 0.314 e. The minimum absolute atomic E-state index is 0.178. The number of rotatable bonds is 8. The lowest BCUT2D eigenvalue weighted by molar-refractivity contribution is 0.107. The van der Waals surface area contributed by atoms with Crippen molar-refractivity contribution in [3.63, 3.8) is 0 Å². The van der Waals surface area contributed by atoms with Gasteiger partial charge in [-0.05, 0) is 30.5 Å². The summed E-state index contributed by atoms with van der Waals surface area (Å²) < 4.78 is 6.11. The summed E-state index contributed by atoms with van der Waals surface area (Å²) in [6.07, 6.45) is 1.68. The van der Waals surface area contributed by atoms with Gasteiger partial charge in [0.25, 0.3) is 0 Å². The van der Waals surface area contributed by atoms with Crippen LogP contribution in [0.15, 0.2) is 42.5 Å². The molecule has 0 unspecified atom stereocenters. The van der Waals surface area contributed by atoms with Crippen LogP contribution in [0.25, 0.3) is 0 Å². The molecule has 0 spiro atoms. The van der Waals surface area contributed by atoms with Gasteiger partial charge in [0, 0.05) is 18.5 Å². The molecule has 2 aromatic rings. The van der Waals surface area contributed by atoms with Gasteiger partial charge < -0.3 is 15.4 Å². The molecule has 4 nitrogen and oxygen atoms in total. The Bertz CT molecular complexity index is 604. The van der Waals surface area contributed by atoms with Crippen molar-refractivity contribution in [2.45, 2.75) is 18.9 Å². The number of carbonyl (C=O) groups excluding carboxylic acids is 1. The standard InChI is InChI=1S/C17H21ClN2O2S/c1-22-14(15-9-10-16(18)23-15)12-20-17(21)19-11-5-8-13-6-3-2-4-7-13/h2-4,6-7,9-10,14H,5,8,11-12H2,1H3,(H2,19,20,21)/t14-/m0/s1. The van der Waals surface area contributed by atoms with Crippen molar-refractivity contribution < 1.29 is 9.53 Å². The van der Waals surface area contributed by atoms with E-state index in [9.17, 15) is 4.79 Å². The second-order valence-corrected chi connectivity index (χ2v) is 6.84. The Balaban J connectivity index is 1.64. The molecule has 0 saturated heterocycles. The van der Waals surface area contributed by atoms with Gasteiger partial charge in [-0.25, -0.2) is 4.79 Å². The Hall–Kier alpha value is -1.56. The van der Waals surface area contributed by atoms with E-state index in [4.69, 9.17) is 16.3 Å². The van der Waals surface area contributed by atoms with Crippen molar-refractivity contribution in [3.05, 3.63) is 57.2 Å². The highest BCUT2D eigenvalue weighted by Crippen LogP contribution is 2.28. The molecule has 2 N–H and O–H groups in total. The Morgan fingerprint density at radius 1 is 1.22 bits per heavy atom. The lowest BCUT2D eigenvalue weighted by Crippen LogP contribution is -2.38. The summed E-state index contributed by atoms with van der Waals surface area (Å²) in [6.45, 7) is 1.06. The predicted molar refractivity (Wildman–Crippen MR) is 95.2 cm³/mol. The highest BCUT2D eigenvalue weighted by Gasteiger charge is 2.14. The third-order valence-corrected chi connectivity index (χ3v) is 4.74. The predicted octanol–water partition coefficient (Wildman–Crippen LogP) is 4.02. The Morgan fingerprint density at radius 2 is 2.00 bits per heavy atom. The normalized spacial score (nSPS) is 11.9. The molecule has 0 aliphatic heterocycles. The summed E-state index contributed by atoms with van der Waals surface area (Å²) >= 11 is 7.38. The van der Waals surface area contributed by atoms with Crippen molar-refractivity contribution >= 4 is 29.0 Å². The van der Waals surface area contributed by atoms with Gasteiger partial charge in [-0.15, -0.1) is 11.3 Å². The molecule has 2 amide bonds. The SMILES string of the molecule is CO[C@@H](CNC(=O)NCCCc1ccccc1)c1ccc(Cl)s1. The third-order valence-electron chi connectivity index (χ3n) is 3.41. The van der Waals surface area contributed by atoms with E-state index in [1.165, 1.54) is 16.9 Å². The second-order valence-electron chi connectivity index (χ2n) is 5.09. The number of halogens is 1. The van der Waals surface area contributed by atoms with Crippen LogP contribution < -0.4 is 10.6 Å². The molecule has 0 aliphatic carbocycles. The highest BCUT2D eigenvalue weighted by molar-refractivity contribution is 7.16. The summed E-state index contributed by atoms with van der Waals surface area (Å²) in [5, 5.41) is 5.69. The van der Waals surface area contributed by atoms with Crippen molar-refractivity contribution in [1.82, 2.24) is 10.6 Å².